The molecule has 21 heavy (non-hydrogen) atoms. The molecule has 2 aromatic rings. The van der Waals surface area contributed by atoms with E-state index >= 15 is 0 Å². The number of nitrogens with one attached hydrogen (secondary N) is 1. The number of nitrogens with two attached hydrogens (primary N) is 1. The number of benzene rings is 2. The molecule has 4 nitrogen and oxygen atoms in total. The molecule has 0 fully saturated rings. The first-order valence-electron chi connectivity index (χ1n) is 6.84. The van der Waals surface area contributed by atoms with Crippen LogP contribution in [0.1, 0.15) is 12.5 Å². The summed E-state index contributed by atoms with van der Waals surface area (Å²) in [5.41, 5.74) is 9.87. The quantitative estimate of drug-likeness (QED) is 0.852. The first kappa shape index (κ1) is 13.4. The van der Waals surface area contributed by atoms with Gasteiger partial charge in [-0.3, -0.25) is 4.79 Å². The Labute approximate surface area is 122 Å². The zero-order valence-electron chi connectivity index (χ0n) is 11.7. The van der Waals surface area contributed by atoms with Crippen molar-refractivity contribution in [2.24, 2.45) is 0 Å². The molecule has 0 spiro atoms. The summed E-state index contributed by atoms with van der Waals surface area (Å²) in [4.78, 5) is 13.4. The van der Waals surface area contributed by atoms with E-state index in [1.54, 1.807) is 6.07 Å². The SMILES string of the molecule is CCN(c1cccc(F)c1)c1cc2c(cc1N)CC(=O)N2. The van der Waals surface area contributed by atoms with Gasteiger partial charge < -0.3 is 16.0 Å². The predicted octanol–water partition coefficient (Wildman–Crippen LogP) is 3.06. The maximum atomic E-state index is 13.4. The predicted molar refractivity (Wildman–Crippen MR) is 82.3 cm³/mol. The molecule has 3 rings (SSSR count). The number of hydrogen-bond donors (Lipinski definition) is 2. The summed E-state index contributed by atoms with van der Waals surface area (Å²) in [6, 6.07) is 10.0. The highest BCUT2D eigenvalue weighted by Crippen LogP contribution is 2.37. The molecule has 0 radical (unpaired) electrons. The third kappa shape index (κ3) is 2.42. The number of hydrogen-bond acceptors (Lipinski definition) is 3. The maximum Gasteiger partial charge on any atom is 0.228 e. The van der Waals surface area contributed by atoms with E-state index in [1.807, 2.05) is 30.0 Å². The number of fused-ring (bicyclic) bond motifs is 1. The Morgan fingerprint density at radius 1 is 1.33 bits per heavy atom. The highest BCUT2D eigenvalue weighted by molar-refractivity contribution is 6.01. The minimum Gasteiger partial charge on any atom is -0.397 e. The molecule has 5 heteroatoms. The van der Waals surface area contributed by atoms with Crippen LogP contribution in [0.3, 0.4) is 0 Å². The second kappa shape index (κ2) is 5.09. The lowest BCUT2D eigenvalue weighted by atomic mass is 10.1. The van der Waals surface area contributed by atoms with Crippen LogP contribution in [-0.2, 0) is 11.2 Å². The monoisotopic (exact) mass is 285 g/mol. The Morgan fingerprint density at radius 2 is 2.14 bits per heavy atom. The van der Waals surface area contributed by atoms with Crippen LogP contribution >= 0.6 is 0 Å². The first-order valence-corrected chi connectivity index (χ1v) is 6.84. The van der Waals surface area contributed by atoms with Gasteiger partial charge in [-0.2, -0.15) is 0 Å². The van der Waals surface area contributed by atoms with Crippen molar-refractivity contribution >= 4 is 28.7 Å². The van der Waals surface area contributed by atoms with Gasteiger partial charge in [-0.25, -0.2) is 4.39 Å². The lowest BCUT2D eigenvalue weighted by Gasteiger charge is -2.25. The van der Waals surface area contributed by atoms with Crippen molar-refractivity contribution in [1.82, 2.24) is 0 Å². The molecule has 0 aliphatic carbocycles. The molecular formula is C16H16FN3O. The minimum absolute atomic E-state index is 0.0321. The number of nitrogen functional groups attached to an aromatic ring is 1. The Kier molecular flexibility index (Phi) is 3.25. The average molecular weight is 285 g/mol. The molecule has 1 heterocycles. The maximum absolute atomic E-state index is 13.4. The van der Waals surface area contributed by atoms with E-state index in [0.29, 0.717) is 18.7 Å². The third-order valence-corrected chi connectivity index (χ3v) is 3.60. The fourth-order valence-electron chi connectivity index (χ4n) is 2.65. The first-order chi connectivity index (χ1) is 10.1. The molecule has 0 bridgehead atoms. The van der Waals surface area contributed by atoms with Gasteiger partial charge in [0.25, 0.3) is 0 Å². The summed E-state index contributed by atoms with van der Waals surface area (Å²) >= 11 is 0. The van der Waals surface area contributed by atoms with E-state index in [-0.39, 0.29) is 11.7 Å². The van der Waals surface area contributed by atoms with E-state index in [4.69, 9.17) is 5.73 Å². The van der Waals surface area contributed by atoms with E-state index < -0.39 is 0 Å². The Balaban J connectivity index is 2.06. The normalized spacial score (nSPS) is 13.0. The average Bonchev–Trinajstić information content (AvgIpc) is 2.79. The molecule has 108 valence electrons. The van der Waals surface area contributed by atoms with Gasteiger partial charge in [0.05, 0.1) is 17.8 Å². The molecule has 1 aliphatic heterocycles. The number of halogens is 1. The summed E-state index contributed by atoms with van der Waals surface area (Å²) < 4.78 is 13.4. The molecule has 2 aromatic carbocycles. The minimum atomic E-state index is -0.293. The number of nitrogens with zero attached hydrogens (tertiary/aromatic N) is 1. The Hall–Kier alpha value is -2.56. The van der Waals surface area contributed by atoms with Crippen molar-refractivity contribution in [2.75, 3.05) is 22.5 Å². The summed E-state index contributed by atoms with van der Waals surface area (Å²) in [6.07, 6.45) is 0.353. The van der Waals surface area contributed by atoms with Crippen molar-refractivity contribution in [3.05, 3.63) is 47.8 Å². The third-order valence-electron chi connectivity index (χ3n) is 3.60. The van der Waals surface area contributed by atoms with Crippen LogP contribution in [0, 0.1) is 5.82 Å². The molecule has 0 aromatic heterocycles. The van der Waals surface area contributed by atoms with Crippen LogP contribution in [0.2, 0.25) is 0 Å². The van der Waals surface area contributed by atoms with Gasteiger partial charge in [0.1, 0.15) is 5.82 Å². The van der Waals surface area contributed by atoms with Gasteiger partial charge >= 0.3 is 0 Å². The van der Waals surface area contributed by atoms with Crippen molar-refractivity contribution in [3.8, 4) is 0 Å². The molecule has 0 atom stereocenters. The number of carbonyl (C=O) groups excluding carboxylic acids is 1. The van der Waals surface area contributed by atoms with Crippen LogP contribution in [0.15, 0.2) is 36.4 Å². The lowest BCUT2D eigenvalue weighted by Crippen LogP contribution is -2.18. The Morgan fingerprint density at radius 3 is 2.86 bits per heavy atom. The number of amides is 1. The molecule has 0 saturated heterocycles. The largest absolute Gasteiger partial charge is 0.397 e. The molecular weight excluding hydrogens is 269 g/mol. The van der Waals surface area contributed by atoms with E-state index in [2.05, 4.69) is 5.32 Å². The smallest absolute Gasteiger partial charge is 0.228 e. The highest BCUT2D eigenvalue weighted by atomic mass is 19.1. The zero-order valence-corrected chi connectivity index (χ0v) is 11.7. The van der Waals surface area contributed by atoms with Crippen molar-refractivity contribution in [3.63, 3.8) is 0 Å². The van der Waals surface area contributed by atoms with Gasteiger partial charge in [-0.15, -0.1) is 0 Å². The topological polar surface area (TPSA) is 58.4 Å². The summed E-state index contributed by atoms with van der Waals surface area (Å²) in [7, 11) is 0. The van der Waals surface area contributed by atoms with Gasteiger partial charge in [0, 0.05) is 17.9 Å². The second-order valence-electron chi connectivity index (χ2n) is 5.02. The molecule has 0 saturated carbocycles. The number of carbonyl (C=O) groups is 1. The molecule has 0 unspecified atom stereocenters. The van der Waals surface area contributed by atoms with Crippen LogP contribution in [0.25, 0.3) is 0 Å². The highest BCUT2D eigenvalue weighted by Gasteiger charge is 2.21. The van der Waals surface area contributed by atoms with Crippen molar-refractivity contribution < 1.29 is 9.18 Å². The summed E-state index contributed by atoms with van der Waals surface area (Å²) in [6.45, 7) is 2.61. The van der Waals surface area contributed by atoms with E-state index in [9.17, 15) is 9.18 Å². The number of anilines is 4. The zero-order chi connectivity index (χ0) is 15.0. The molecule has 1 aliphatic rings. The van der Waals surface area contributed by atoms with Crippen molar-refractivity contribution in [2.45, 2.75) is 13.3 Å². The molecule has 3 N–H and O–H groups in total. The standard InChI is InChI=1S/C16H16FN3O/c1-2-20(12-5-3-4-11(17)8-12)15-9-14-10(6-13(15)18)7-16(21)19-14/h3-6,8-9H,2,7,18H2,1H3,(H,19,21). The second-order valence-corrected chi connectivity index (χ2v) is 5.02. The van der Waals surface area contributed by atoms with E-state index in [1.165, 1.54) is 12.1 Å². The number of rotatable bonds is 3. The lowest BCUT2D eigenvalue weighted by molar-refractivity contribution is -0.115. The van der Waals surface area contributed by atoms with E-state index in [0.717, 1.165) is 22.6 Å². The van der Waals surface area contributed by atoms with Crippen LogP contribution in [0.5, 0.6) is 0 Å². The van der Waals surface area contributed by atoms with Gasteiger partial charge in [0.2, 0.25) is 5.91 Å². The van der Waals surface area contributed by atoms with Crippen LogP contribution in [0.4, 0.5) is 27.1 Å². The molecule has 1 amide bonds. The fraction of sp³-hybridized carbons (Fsp3) is 0.188. The van der Waals surface area contributed by atoms with Gasteiger partial charge in [-0.1, -0.05) is 6.07 Å². The van der Waals surface area contributed by atoms with Gasteiger partial charge in [-0.05, 0) is 42.8 Å². The van der Waals surface area contributed by atoms with Crippen LogP contribution in [-0.4, -0.2) is 12.5 Å². The Bertz CT molecular complexity index is 715. The van der Waals surface area contributed by atoms with Gasteiger partial charge in [0.15, 0.2) is 0 Å². The fourth-order valence-corrected chi connectivity index (χ4v) is 2.65. The summed E-state index contributed by atoms with van der Waals surface area (Å²) in [5, 5.41) is 2.81. The van der Waals surface area contributed by atoms with Crippen molar-refractivity contribution in [1.29, 1.82) is 0 Å². The van der Waals surface area contributed by atoms with Crippen LogP contribution < -0.4 is 16.0 Å². The summed E-state index contributed by atoms with van der Waals surface area (Å²) in [5.74, 6) is -0.325.